The standard InChI is InChI=1S/C26H24N6O2/c33-25-20-8-4-7-19-23(32-17-22(28-29-32)18-5-2-1-3-6-18)10-9-21(24(19)20)26(34)31(25)16-15-30-13-11-27-12-14-30/h1-10,17,27H,11-16H2. The van der Waals surface area contributed by atoms with Crippen molar-refractivity contribution in [1.82, 2.24) is 30.1 Å². The van der Waals surface area contributed by atoms with Gasteiger partial charge >= 0.3 is 0 Å². The summed E-state index contributed by atoms with van der Waals surface area (Å²) in [5.74, 6) is -0.474. The molecule has 4 aromatic rings. The van der Waals surface area contributed by atoms with Gasteiger partial charge in [-0.05, 0) is 18.2 Å². The lowest BCUT2D eigenvalue weighted by atomic mass is 9.93. The highest BCUT2D eigenvalue weighted by Crippen LogP contribution is 2.33. The second-order valence-corrected chi connectivity index (χ2v) is 8.63. The van der Waals surface area contributed by atoms with Gasteiger partial charge in [0, 0.05) is 66.7 Å². The van der Waals surface area contributed by atoms with Gasteiger partial charge in [0.25, 0.3) is 11.8 Å². The van der Waals surface area contributed by atoms with E-state index >= 15 is 0 Å². The van der Waals surface area contributed by atoms with Crippen molar-refractivity contribution >= 4 is 22.6 Å². The fourth-order valence-corrected chi connectivity index (χ4v) is 4.83. The molecule has 2 aliphatic rings. The molecule has 0 spiro atoms. The van der Waals surface area contributed by atoms with Crippen LogP contribution in [0.5, 0.6) is 0 Å². The average Bonchev–Trinajstić information content (AvgIpc) is 3.38. The monoisotopic (exact) mass is 452 g/mol. The fraction of sp³-hybridized carbons (Fsp3) is 0.231. The van der Waals surface area contributed by atoms with Crippen molar-refractivity contribution < 1.29 is 9.59 Å². The summed E-state index contributed by atoms with van der Waals surface area (Å²) in [5, 5.41) is 13.5. The molecule has 0 bridgehead atoms. The molecule has 0 unspecified atom stereocenters. The molecule has 8 nitrogen and oxygen atoms in total. The van der Waals surface area contributed by atoms with Crippen LogP contribution in [-0.2, 0) is 0 Å². The van der Waals surface area contributed by atoms with Crippen molar-refractivity contribution in [2.45, 2.75) is 0 Å². The number of hydrogen-bond acceptors (Lipinski definition) is 6. The number of benzene rings is 3. The minimum Gasteiger partial charge on any atom is -0.314 e. The first-order chi connectivity index (χ1) is 16.7. The zero-order valence-corrected chi connectivity index (χ0v) is 18.6. The maximum absolute atomic E-state index is 13.4. The average molecular weight is 453 g/mol. The smallest absolute Gasteiger partial charge is 0.261 e. The number of amides is 2. The van der Waals surface area contributed by atoms with Crippen LogP contribution in [0.4, 0.5) is 0 Å². The molecule has 1 fully saturated rings. The van der Waals surface area contributed by atoms with Gasteiger partial charge in [0.2, 0.25) is 0 Å². The van der Waals surface area contributed by atoms with E-state index < -0.39 is 0 Å². The van der Waals surface area contributed by atoms with Gasteiger partial charge in [0.05, 0.1) is 11.9 Å². The quantitative estimate of drug-likeness (QED) is 0.469. The van der Waals surface area contributed by atoms with Crippen LogP contribution >= 0.6 is 0 Å². The topological polar surface area (TPSA) is 83.4 Å². The second kappa shape index (κ2) is 8.48. The molecule has 1 saturated heterocycles. The molecule has 0 saturated carbocycles. The van der Waals surface area contributed by atoms with Crippen molar-refractivity contribution in [1.29, 1.82) is 0 Å². The summed E-state index contributed by atoms with van der Waals surface area (Å²) in [6, 6.07) is 19.1. The maximum atomic E-state index is 13.4. The molecule has 2 aliphatic heterocycles. The van der Waals surface area contributed by atoms with Gasteiger partial charge < -0.3 is 5.32 Å². The Kier molecular flexibility index (Phi) is 5.16. The summed E-state index contributed by atoms with van der Waals surface area (Å²) in [7, 11) is 0. The molecule has 6 rings (SSSR count). The highest BCUT2D eigenvalue weighted by molar-refractivity contribution is 6.26. The SMILES string of the molecule is O=C1c2cccc3c(-n4cc(-c5ccccc5)nn4)ccc(c23)C(=O)N1CCN1CCNCC1. The van der Waals surface area contributed by atoms with Crippen LogP contribution in [0.1, 0.15) is 20.7 Å². The van der Waals surface area contributed by atoms with E-state index in [0.29, 0.717) is 29.6 Å². The summed E-state index contributed by atoms with van der Waals surface area (Å²) >= 11 is 0. The molecule has 8 heteroatoms. The van der Waals surface area contributed by atoms with Gasteiger partial charge in [-0.1, -0.05) is 47.7 Å². The molecule has 1 aromatic heterocycles. The number of imide groups is 1. The molecular weight excluding hydrogens is 428 g/mol. The van der Waals surface area contributed by atoms with Crippen molar-refractivity contribution in [3.63, 3.8) is 0 Å². The van der Waals surface area contributed by atoms with Gasteiger partial charge in [-0.15, -0.1) is 5.10 Å². The summed E-state index contributed by atoms with van der Waals surface area (Å²) in [5.41, 5.74) is 3.62. The molecule has 0 atom stereocenters. The number of carbonyl (C=O) groups excluding carboxylic acids is 2. The summed E-state index contributed by atoms with van der Waals surface area (Å²) in [6.45, 7) is 4.79. The Morgan fingerprint density at radius 2 is 1.59 bits per heavy atom. The van der Waals surface area contributed by atoms with Crippen LogP contribution in [0.25, 0.3) is 27.7 Å². The molecule has 34 heavy (non-hydrogen) atoms. The number of nitrogens with one attached hydrogen (secondary N) is 1. The summed E-state index contributed by atoms with van der Waals surface area (Å²) in [6.07, 6.45) is 1.87. The first kappa shape index (κ1) is 20.7. The molecule has 0 aliphatic carbocycles. The largest absolute Gasteiger partial charge is 0.314 e. The number of piperazine rings is 1. The van der Waals surface area contributed by atoms with Crippen molar-refractivity contribution in [2.24, 2.45) is 0 Å². The predicted molar refractivity (Wildman–Crippen MR) is 129 cm³/mol. The number of carbonyl (C=O) groups is 2. The number of rotatable bonds is 5. The summed E-state index contributed by atoms with van der Waals surface area (Å²) < 4.78 is 1.71. The van der Waals surface area contributed by atoms with Crippen LogP contribution in [0, 0.1) is 0 Å². The fourth-order valence-electron chi connectivity index (χ4n) is 4.83. The van der Waals surface area contributed by atoms with Crippen molar-refractivity contribution in [3.05, 3.63) is 78.0 Å². The Bertz CT molecular complexity index is 1370. The van der Waals surface area contributed by atoms with E-state index in [-0.39, 0.29) is 11.8 Å². The lowest BCUT2D eigenvalue weighted by Crippen LogP contribution is -2.49. The Hall–Kier alpha value is -3.88. The molecule has 2 amide bonds. The molecule has 170 valence electrons. The van der Waals surface area contributed by atoms with Crippen LogP contribution in [0.2, 0.25) is 0 Å². The van der Waals surface area contributed by atoms with Crippen LogP contribution < -0.4 is 5.32 Å². The van der Waals surface area contributed by atoms with E-state index in [1.54, 1.807) is 16.8 Å². The van der Waals surface area contributed by atoms with E-state index in [0.717, 1.165) is 48.5 Å². The number of nitrogens with zero attached hydrogens (tertiary/aromatic N) is 5. The molecule has 3 aromatic carbocycles. The normalized spacial score (nSPS) is 16.4. The predicted octanol–water partition coefficient (Wildman–Crippen LogP) is 2.59. The highest BCUT2D eigenvalue weighted by atomic mass is 16.2. The van der Waals surface area contributed by atoms with Gasteiger partial charge in [-0.25, -0.2) is 4.68 Å². The first-order valence-electron chi connectivity index (χ1n) is 11.5. The third-order valence-corrected chi connectivity index (χ3v) is 6.63. The van der Waals surface area contributed by atoms with Crippen molar-refractivity contribution in [3.8, 4) is 16.9 Å². The molecule has 3 heterocycles. The minimum absolute atomic E-state index is 0.237. The van der Waals surface area contributed by atoms with Gasteiger partial charge in [-0.3, -0.25) is 19.4 Å². The van der Waals surface area contributed by atoms with E-state index in [9.17, 15) is 9.59 Å². The Balaban J connectivity index is 1.36. The number of hydrogen-bond donors (Lipinski definition) is 1. The Morgan fingerprint density at radius 3 is 2.38 bits per heavy atom. The van der Waals surface area contributed by atoms with Gasteiger partial charge in [-0.2, -0.15) is 0 Å². The van der Waals surface area contributed by atoms with E-state index in [4.69, 9.17) is 0 Å². The third kappa shape index (κ3) is 3.48. The zero-order chi connectivity index (χ0) is 23.1. The highest BCUT2D eigenvalue weighted by Gasteiger charge is 2.33. The number of aromatic nitrogens is 3. The Labute approximate surface area is 196 Å². The lowest BCUT2D eigenvalue weighted by Gasteiger charge is -2.32. The summed E-state index contributed by atoms with van der Waals surface area (Å²) in [4.78, 5) is 30.4. The van der Waals surface area contributed by atoms with E-state index in [2.05, 4.69) is 20.5 Å². The van der Waals surface area contributed by atoms with E-state index in [1.165, 1.54) is 4.90 Å². The molecular formula is C26H24N6O2. The second-order valence-electron chi connectivity index (χ2n) is 8.63. The van der Waals surface area contributed by atoms with Crippen LogP contribution in [-0.4, -0.2) is 75.9 Å². The molecule has 0 radical (unpaired) electrons. The first-order valence-corrected chi connectivity index (χ1v) is 11.5. The van der Waals surface area contributed by atoms with E-state index in [1.807, 2.05) is 54.7 Å². The van der Waals surface area contributed by atoms with Crippen LogP contribution in [0.3, 0.4) is 0 Å². The van der Waals surface area contributed by atoms with Gasteiger partial charge in [0.15, 0.2) is 0 Å². The van der Waals surface area contributed by atoms with Gasteiger partial charge in [0.1, 0.15) is 5.69 Å². The lowest BCUT2D eigenvalue weighted by molar-refractivity contribution is 0.0590. The maximum Gasteiger partial charge on any atom is 0.261 e. The zero-order valence-electron chi connectivity index (χ0n) is 18.6. The molecule has 1 N–H and O–H groups in total. The minimum atomic E-state index is -0.237. The van der Waals surface area contributed by atoms with Crippen molar-refractivity contribution in [2.75, 3.05) is 39.3 Å². The van der Waals surface area contributed by atoms with Crippen LogP contribution in [0.15, 0.2) is 66.9 Å². The third-order valence-electron chi connectivity index (χ3n) is 6.63. The Morgan fingerprint density at radius 1 is 0.824 bits per heavy atom.